The maximum absolute atomic E-state index is 13.7. The van der Waals surface area contributed by atoms with E-state index in [1.807, 2.05) is 53.4 Å². The fraction of sp³-hybridized carbons (Fsp3) is 0.286. The Hall–Kier alpha value is -4.00. The molecule has 0 bridgehead atoms. The average molecular weight is 468 g/mol. The van der Waals surface area contributed by atoms with Gasteiger partial charge in [0.1, 0.15) is 5.69 Å². The smallest absolute Gasteiger partial charge is 0.339 e. The predicted octanol–water partition coefficient (Wildman–Crippen LogP) is 3.44. The lowest BCUT2D eigenvalue weighted by Crippen LogP contribution is -2.40. The molecule has 2 fully saturated rings. The number of amides is 2. The molecule has 176 valence electrons. The van der Waals surface area contributed by atoms with E-state index in [1.165, 1.54) is 0 Å². The summed E-state index contributed by atoms with van der Waals surface area (Å²) in [7, 11) is 1.58. The number of pyridine rings is 1. The molecule has 1 saturated heterocycles. The van der Waals surface area contributed by atoms with Gasteiger partial charge in [0.05, 0.1) is 17.5 Å². The molecule has 3 heterocycles. The van der Waals surface area contributed by atoms with Crippen LogP contribution in [-0.2, 0) is 20.5 Å². The summed E-state index contributed by atoms with van der Waals surface area (Å²) in [6, 6.07) is 19.1. The van der Waals surface area contributed by atoms with E-state index in [0.717, 1.165) is 35.1 Å². The van der Waals surface area contributed by atoms with Crippen LogP contribution in [0, 0.1) is 0 Å². The number of carbonyl (C=O) groups excluding carboxylic acids is 3. The van der Waals surface area contributed by atoms with Crippen molar-refractivity contribution in [2.45, 2.75) is 30.3 Å². The fourth-order valence-electron chi connectivity index (χ4n) is 5.47. The largest absolute Gasteiger partial charge is 0.449 e. The van der Waals surface area contributed by atoms with E-state index in [9.17, 15) is 14.4 Å². The summed E-state index contributed by atoms with van der Waals surface area (Å²) in [5.74, 6) is -0.413. The highest BCUT2D eigenvalue weighted by atomic mass is 16.6. The summed E-state index contributed by atoms with van der Waals surface area (Å²) in [4.78, 5) is 43.9. The molecule has 7 heteroatoms. The third kappa shape index (κ3) is 3.33. The molecule has 7 nitrogen and oxygen atoms in total. The number of benzene rings is 2. The van der Waals surface area contributed by atoms with Crippen LogP contribution in [0.25, 0.3) is 11.1 Å². The van der Waals surface area contributed by atoms with Gasteiger partial charge in [-0.3, -0.25) is 14.6 Å². The zero-order chi connectivity index (χ0) is 24.2. The Kier molecular flexibility index (Phi) is 4.78. The number of nitrogens with zero attached hydrogens (tertiary/aromatic N) is 2. The van der Waals surface area contributed by atoms with Crippen molar-refractivity contribution in [3.63, 3.8) is 0 Å². The van der Waals surface area contributed by atoms with Gasteiger partial charge in [0.15, 0.2) is 5.60 Å². The number of hydrogen-bond donors (Lipinski definition) is 1. The van der Waals surface area contributed by atoms with Crippen molar-refractivity contribution in [3.8, 4) is 11.1 Å². The van der Waals surface area contributed by atoms with E-state index in [1.54, 1.807) is 25.4 Å². The second-order valence-corrected chi connectivity index (χ2v) is 9.58. The number of fused-ring (bicyclic) bond motifs is 2. The highest BCUT2D eigenvalue weighted by molar-refractivity contribution is 5.96. The molecule has 3 aliphatic rings. The van der Waals surface area contributed by atoms with Crippen LogP contribution in [0.4, 0.5) is 0 Å². The van der Waals surface area contributed by atoms with Gasteiger partial charge in [0.25, 0.3) is 5.91 Å². The van der Waals surface area contributed by atoms with Crippen molar-refractivity contribution in [2.75, 3.05) is 20.1 Å². The predicted molar refractivity (Wildman–Crippen MR) is 129 cm³/mol. The number of likely N-dealkylation sites (tertiary alicyclic amines) is 1. The zero-order valence-electron chi connectivity index (χ0n) is 19.4. The molecule has 2 aliphatic heterocycles. The molecule has 6 rings (SSSR count). The van der Waals surface area contributed by atoms with E-state index < -0.39 is 11.0 Å². The van der Waals surface area contributed by atoms with E-state index in [4.69, 9.17) is 4.74 Å². The molecule has 1 atom stereocenters. The number of ether oxygens (including phenoxy) is 1. The summed E-state index contributed by atoms with van der Waals surface area (Å²) in [6.07, 6.45) is 3.93. The first-order valence-electron chi connectivity index (χ1n) is 11.9. The number of esters is 1. The SMILES string of the molecule is CNC(=O)c1ccc(-c2ccc(C3(C(=O)N4CC[C@@]5(C4)OC(=O)c4ccccc45)CC3)cc2)cn1. The third-order valence-electron chi connectivity index (χ3n) is 7.60. The van der Waals surface area contributed by atoms with E-state index in [0.29, 0.717) is 30.8 Å². The van der Waals surface area contributed by atoms with Crippen LogP contribution in [0.15, 0.2) is 66.9 Å². The minimum absolute atomic E-state index is 0.110. The van der Waals surface area contributed by atoms with Crippen LogP contribution in [-0.4, -0.2) is 47.8 Å². The molecule has 1 aromatic heterocycles. The summed E-state index contributed by atoms with van der Waals surface area (Å²) in [6.45, 7) is 0.974. The van der Waals surface area contributed by atoms with Crippen LogP contribution in [0.1, 0.15) is 51.2 Å². The van der Waals surface area contributed by atoms with Crippen molar-refractivity contribution in [1.29, 1.82) is 0 Å². The topological polar surface area (TPSA) is 88.6 Å². The van der Waals surface area contributed by atoms with Crippen LogP contribution in [0.2, 0.25) is 0 Å². The molecule has 0 unspecified atom stereocenters. The number of aromatic nitrogens is 1. The molecule has 1 N–H and O–H groups in total. The third-order valence-corrected chi connectivity index (χ3v) is 7.60. The van der Waals surface area contributed by atoms with Gasteiger partial charge in [0, 0.05) is 37.3 Å². The summed E-state index contributed by atoms with van der Waals surface area (Å²) in [5.41, 5.74) is 3.53. The number of carbonyl (C=O) groups is 3. The molecule has 35 heavy (non-hydrogen) atoms. The van der Waals surface area contributed by atoms with Crippen molar-refractivity contribution in [2.24, 2.45) is 0 Å². The zero-order valence-corrected chi connectivity index (χ0v) is 19.4. The summed E-state index contributed by atoms with van der Waals surface area (Å²) >= 11 is 0. The second kappa shape index (κ2) is 7.77. The minimum Gasteiger partial charge on any atom is -0.449 e. The monoisotopic (exact) mass is 467 g/mol. The van der Waals surface area contributed by atoms with Gasteiger partial charge < -0.3 is 15.0 Å². The lowest BCUT2D eigenvalue weighted by atomic mass is 9.91. The molecule has 3 aromatic rings. The Bertz CT molecular complexity index is 1350. The Morgan fingerprint density at radius 1 is 0.971 bits per heavy atom. The van der Waals surface area contributed by atoms with Gasteiger partial charge in [-0.25, -0.2) is 4.79 Å². The number of nitrogens with one attached hydrogen (secondary N) is 1. The van der Waals surface area contributed by atoms with Gasteiger partial charge in [-0.2, -0.15) is 0 Å². The molecule has 0 radical (unpaired) electrons. The maximum atomic E-state index is 13.7. The van der Waals surface area contributed by atoms with Gasteiger partial charge in [-0.05, 0) is 36.1 Å². The van der Waals surface area contributed by atoms with E-state index in [-0.39, 0.29) is 17.8 Å². The molecular weight excluding hydrogens is 442 g/mol. The normalized spacial score (nSPS) is 21.5. The minimum atomic E-state index is -0.725. The quantitative estimate of drug-likeness (QED) is 0.594. The van der Waals surface area contributed by atoms with Crippen LogP contribution in [0.5, 0.6) is 0 Å². The average Bonchev–Trinajstić information content (AvgIpc) is 3.54. The van der Waals surface area contributed by atoms with Crippen LogP contribution < -0.4 is 5.32 Å². The van der Waals surface area contributed by atoms with Gasteiger partial charge in [0.2, 0.25) is 5.91 Å². The Labute approximate surface area is 203 Å². The first kappa shape index (κ1) is 21.5. The first-order chi connectivity index (χ1) is 17.0. The van der Waals surface area contributed by atoms with Crippen molar-refractivity contribution in [1.82, 2.24) is 15.2 Å². The maximum Gasteiger partial charge on any atom is 0.339 e. The van der Waals surface area contributed by atoms with Crippen molar-refractivity contribution in [3.05, 3.63) is 89.2 Å². The van der Waals surface area contributed by atoms with E-state index >= 15 is 0 Å². The highest BCUT2D eigenvalue weighted by Gasteiger charge is 2.57. The van der Waals surface area contributed by atoms with Gasteiger partial charge >= 0.3 is 5.97 Å². The van der Waals surface area contributed by atoms with Crippen molar-refractivity contribution >= 4 is 17.8 Å². The Morgan fingerprint density at radius 2 is 1.71 bits per heavy atom. The number of hydrogen-bond acceptors (Lipinski definition) is 5. The number of rotatable bonds is 4. The molecule has 2 amide bonds. The van der Waals surface area contributed by atoms with Crippen LogP contribution >= 0.6 is 0 Å². The van der Waals surface area contributed by atoms with Gasteiger partial charge in [-0.15, -0.1) is 0 Å². The molecule has 1 aliphatic carbocycles. The fourth-order valence-corrected chi connectivity index (χ4v) is 5.47. The summed E-state index contributed by atoms with van der Waals surface area (Å²) < 4.78 is 5.83. The standard InChI is InChI=1S/C28H25N3O4/c1-29-24(32)23-11-8-19(16-30-23)18-6-9-20(10-7-18)27(12-13-27)26(34)31-15-14-28(17-31)22-5-3-2-4-21(22)25(33)35-28/h2-11,16H,12-15,17H2,1H3,(H,29,32)/t28-/m0/s1. The molecule has 2 aromatic carbocycles. The Morgan fingerprint density at radius 3 is 2.40 bits per heavy atom. The first-order valence-corrected chi connectivity index (χ1v) is 11.9. The summed E-state index contributed by atoms with van der Waals surface area (Å²) in [5, 5.41) is 2.57. The Balaban J connectivity index is 1.20. The molecular formula is C28H25N3O4. The molecule has 1 saturated carbocycles. The van der Waals surface area contributed by atoms with Crippen LogP contribution in [0.3, 0.4) is 0 Å². The van der Waals surface area contributed by atoms with Gasteiger partial charge in [-0.1, -0.05) is 48.5 Å². The van der Waals surface area contributed by atoms with Crippen molar-refractivity contribution < 1.29 is 19.1 Å². The van der Waals surface area contributed by atoms with E-state index in [2.05, 4.69) is 10.3 Å². The molecule has 1 spiro atoms. The highest BCUT2D eigenvalue weighted by Crippen LogP contribution is 2.52. The lowest BCUT2D eigenvalue weighted by molar-refractivity contribution is -0.134. The lowest BCUT2D eigenvalue weighted by Gasteiger charge is -2.27. The second-order valence-electron chi connectivity index (χ2n) is 9.58.